The van der Waals surface area contributed by atoms with Crippen molar-refractivity contribution in [1.29, 1.82) is 0 Å². The number of benzene rings is 1. The van der Waals surface area contributed by atoms with E-state index in [1.807, 2.05) is 6.92 Å². The molecule has 4 heteroatoms. The standard InChI is InChI=1S/C13H13BrN2S/c1-7(15)4-12-16-13-10-3-2-9(14)5-8(10)6-11(13)17-12/h2-3,5,7H,4,6,15H2,1H3. The van der Waals surface area contributed by atoms with Gasteiger partial charge >= 0.3 is 0 Å². The highest BCUT2D eigenvalue weighted by atomic mass is 79.9. The van der Waals surface area contributed by atoms with Crippen LogP contribution in [0, 0.1) is 0 Å². The second kappa shape index (κ2) is 4.19. The van der Waals surface area contributed by atoms with Gasteiger partial charge in [-0.1, -0.05) is 22.0 Å². The molecule has 2 aromatic rings. The van der Waals surface area contributed by atoms with Gasteiger partial charge < -0.3 is 5.73 Å². The number of rotatable bonds is 2. The van der Waals surface area contributed by atoms with Crippen LogP contribution < -0.4 is 5.73 Å². The highest BCUT2D eigenvalue weighted by Crippen LogP contribution is 2.40. The summed E-state index contributed by atoms with van der Waals surface area (Å²) in [5.41, 5.74) is 9.66. The Bertz CT molecular complexity index is 575. The van der Waals surface area contributed by atoms with Crippen LogP contribution in [-0.2, 0) is 12.8 Å². The number of thiazole rings is 1. The molecule has 0 spiro atoms. The lowest BCUT2D eigenvalue weighted by molar-refractivity contribution is 0.734. The fourth-order valence-corrected chi connectivity index (χ4v) is 3.86. The lowest BCUT2D eigenvalue weighted by Crippen LogP contribution is -2.17. The number of hydrogen-bond donors (Lipinski definition) is 1. The first-order chi connectivity index (χ1) is 8.13. The Kier molecular flexibility index (Phi) is 2.81. The Morgan fingerprint density at radius 3 is 3.12 bits per heavy atom. The number of halogens is 1. The Labute approximate surface area is 113 Å². The Morgan fingerprint density at radius 1 is 1.53 bits per heavy atom. The van der Waals surface area contributed by atoms with E-state index >= 15 is 0 Å². The van der Waals surface area contributed by atoms with Gasteiger partial charge in [0, 0.05) is 33.8 Å². The predicted molar refractivity (Wildman–Crippen MR) is 75.4 cm³/mol. The van der Waals surface area contributed by atoms with Crippen LogP contribution in [0.5, 0.6) is 0 Å². The monoisotopic (exact) mass is 308 g/mol. The van der Waals surface area contributed by atoms with Gasteiger partial charge in [-0.3, -0.25) is 0 Å². The van der Waals surface area contributed by atoms with Gasteiger partial charge in [0.2, 0.25) is 0 Å². The average Bonchev–Trinajstić information content (AvgIpc) is 2.72. The number of hydrogen-bond acceptors (Lipinski definition) is 3. The van der Waals surface area contributed by atoms with Crippen molar-refractivity contribution in [3.05, 3.63) is 38.1 Å². The molecule has 0 saturated carbocycles. The Morgan fingerprint density at radius 2 is 2.35 bits per heavy atom. The highest BCUT2D eigenvalue weighted by molar-refractivity contribution is 9.10. The van der Waals surface area contributed by atoms with Gasteiger partial charge in [0.05, 0.1) is 10.7 Å². The summed E-state index contributed by atoms with van der Waals surface area (Å²) in [6, 6.07) is 6.61. The summed E-state index contributed by atoms with van der Waals surface area (Å²) in [6.07, 6.45) is 1.89. The van der Waals surface area contributed by atoms with E-state index in [0.717, 1.165) is 17.3 Å². The molecule has 1 aromatic heterocycles. The SMILES string of the molecule is CC(N)Cc1nc2c(s1)Cc1cc(Br)ccc1-2. The molecule has 0 fully saturated rings. The van der Waals surface area contributed by atoms with Gasteiger partial charge in [0.15, 0.2) is 0 Å². The molecule has 2 N–H and O–H groups in total. The largest absolute Gasteiger partial charge is 0.328 e. The number of nitrogens with two attached hydrogens (primary N) is 1. The van der Waals surface area contributed by atoms with Crippen molar-refractivity contribution in [3.8, 4) is 11.3 Å². The summed E-state index contributed by atoms with van der Waals surface area (Å²) in [7, 11) is 0. The average molecular weight is 309 g/mol. The normalized spacial score (nSPS) is 14.5. The molecule has 17 heavy (non-hydrogen) atoms. The molecule has 1 aliphatic carbocycles. The fraction of sp³-hybridized carbons (Fsp3) is 0.308. The summed E-state index contributed by atoms with van der Waals surface area (Å²) in [4.78, 5) is 6.11. The first-order valence-electron chi connectivity index (χ1n) is 5.66. The molecule has 88 valence electrons. The Balaban J connectivity index is 2.00. The van der Waals surface area contributed by atoms with E-state index in [4.69, 9.17) is 10.7 Å². The molecule has 1 aliphatic rings. The van der Waals surface area contributed by atoms with Gasteiger partial charge in [0.25, 0.3) is 0 Å². The van der Waals surface area contributed by atoms with E-state index < -0.39 is 0 Å². The lowest BCUT2D eigenvalue weighted by Gasteiger charge is -2.02. The van der Waals surface area contributed by atoms with Gasteiger partial charge in [-0.2, -0.15) is 0 Å². The van der Waals surface area contributed by atoms with E-state index in [2.05, 4.69) is 34.1 Å². The van der Waals surface area contributed by atoms with Crippen molar-refractivity contribution in [2.45, 2.75) is 25.8 Å². The summed E-state index contributed by atoms with van der Waals surface area (Å²) in [5, 5.41) is 1.17. The van der Waals surface area contributed by atoms with E-state index in [1.54, 1.807) is 11.3 Å². The molecular formula is C13H13BrN2S. The van der Waals surface area contributed by atoms with Gasteiger partial charge in [-0.15, -0.1) is 11.3 Å². The van der Waals surface area contributed by atoms with Gasteiger partial charge in [-0.25, -0.2) is 4.98 Å². The van der Waals surface area contributed by atoms with Crippen molar-refractivity contribution >= 4 is 27.3 Å². The zero-order valence-electron chi connectivity index (χ0n) is 9.53. The quantitative estimate of drug-likeness (QED) is 0.788. The molecule has 2 nitrogen and oxygen atoms in total. The second-order valence-corrected chi connectivity index (χ2v) is 6.62. The zero-order valence-corrected chi connectivity index (χ0v) is 11.9. The van der Waals surface area contributed by atoms with E-state index in [9.17, 15) is 0 Å². The summed E-state index contributed by atoms with van der Waals surface area (Å²) >= 11 is 5.32. The van der Waals surface area contributed by atoms with Crippen molar-refractivity contribution in [3.63, 3.8) is 0 Å². The maximum Gasteiger partial charge on any atom is 0.0950 e. The van der Waals surface area contributed by atoms with Crippen LogP contribution in [0.3, 0.4) is 0 Å². The highest BCUT2D eigenvalue weighted by Gasteiger charge is 2.23. The third-order valence-corrected chi connectivity index (χ3v) is 4.48. The molecule has 0 saturated heterocycles. The molecule has 1 unspecified atom stereocenters. The summed E-state index contributed by atoms with van der Waals surface area (Å²) < 4.78 is 1.14. The predicted octanol–water partition coefficient (Wildman–Crippen LogP) is 3.37. The first-order valence-corrected chi connectivity index (χ1v) is 7.27. The van der Waals surface area contributed by atoms with Crippen molar-refractivity contribution in [2.24, 2.45) is 5.73 Å². The van der Waals surface area contributed by atoms with Crippen LogP contribution >= 0.6 is 27.3 Å². The molecule has 0 aliphatic heterocycles. The summed E-state index contributed by atoms with van der Waals surface area (Å²) in [5.74, 6) is 0. The third-order valence-electron chi connectivity index (χ3n) is 2.91. The fourth-order valence-electron chi connectivity index (χ4n) is 2.21. The van der Waals surface area contributed by atoms with Crippen molar-refractivity contribution < 1.29 is 0 Å². The maximum absolute atomic E-state index is 5.82. The van der Waals surface area contributed by atoms with E-state index in [-0.39, 0.29) is 6.04 Å². The van der Waals surface area contributed by atoms with E-state index in [0.29, 0.717) is 0 Å². The minimum absolute atomic E-state index is 0.186. The molecule has 0 amide bonds. The van der Waals surface area contributed by atoms with Gasteiger partial charge in [0.1, 0.15) is 0 Å². The molecule has 3 rings (SSSR count). The maximum atomic E-state index is 5.82. The summed E-state index contributed by atoms with van der Waals surface area (Å²) in [6.45, 7) is 2.03. The van der Waals surface area contributed by atoms with Crippen LogP contribution in [-0.4, -0.2) is 11.0 Å². The van der Waals surface area contributed by atoms with Crippen molar-refractivity contribution in [1.82, 2.24) is 4.98 Å². The lowest BCUT2D eigenvalue weighted by atomic mass is 10.1. The van der Waals surface area contributed by atoms with Crippen LogP contribution in [0.15, 0.2) is 22.7 Å². The molecule has 0 bridgehead atoms. The molecule has 1 heterocycles. The number of nitrogens with zero attached hydrogens (tertiary/aromatic N) is 1. The number of aromatic nitrogens is 1. The van der Waals surface area contributed by atoms with Crippen LogP contribution in [0.25, 0.3) is 11.3 Å². The Hall–Kier alpha value is -0.710. The van der Waals surface area contributed by atoms with Crippen LogP contribution in [0.2, 0.25) is 0 Å². The number of fused-ring (bicyclic) bond motifs is 3. The van der Waals surface area contributed by atoms with Crippen LogP contribution in [0.1, 0.15) is 22.4 Å². The second-order valence-electron chi connectivity index (χ2n) is 4.54. The van der Waals surface area contributed by atoms with E-state index in [1.165, 1.54) is 26.7 Å². The molecule has 1 aromatic carbocycles. The minimum atomic E-state index is 0.186. The molecule has 1 atom stereocenters. The van der Waals surface area contributed by atoms with Crippen LogP contribution in [0.4, 0.5) is 0 Å². The zero-order chi connectivity index (χ0) is 12.0. The topological polar surface area (TPSA) is 38.9 Å². The first kappa shape index (κ1) is 11.4. The molecular weight excluding hydrogens is 296 g/mol. The minimum Gasteiger partial charge on any atom is -0.328 e. The smallest absolute Gasteiger partial charge is 0.0950 e. The van der Waals surface area contributed by atoms with Gasteiger partial charge in [-0.05, 0) is 24.6 Å². The van der Waals surface area contributed by atoms with Crippen molar-refractivity contribution in [2.75, 3.05) is 0 Å². The molecule has 0 radical (unpaired) electrons. The third kappa shape index (κ3) is 2.05.